The SMILES string of the molecule is CCNC(=O)NC(=O)Cn1ccc(-c2ccn[nH]2)cc1=NS(=O)(=O)c1ccc(C)cc1. The first-order chi connectivity index (χ1) is 14.8. The second-order valence-corrected chi connectivity index (χ2v) is 8.26. The summed E-state index contributed by atoms with van der Waals surface area (Å²) in [6, 6.07) is 10.6. The van der Waals surface area contributed by atoms with Crippen molar-refractivity contribution in [3.05, 3.63) is 65.9 Å². The molecule has 0 atom stereocenters. The summed E-state index contributed by atoms with van der Waals surface area (Å²) in [5, 5.41) is 11.3. The van der Waals surface area contributed by atoms with Gasteiger partial charge in [-0.1, -0.05) is 17.7 Å². The van der Waals surface area contributed by atoms with E-state index in [2.05, 4.69) is 25.2 Å². The highest BCUT2D eigenvalue weighted by Gasteiger charge is 2.14. The number of nitrogens with zero attached hydrogens (tertiary/aromatic N) is 3. The third-order valence-electron chi connectivity index (χ3n) is 4.26. The molecule has 1 aromatic carbocycles. The van der Waals surface area contributed by atoms with Crippen molar-refractivity contribution in [3.63, 3.8) is 0 Å². The maximum atomic E-state index is 12.8. The zero-order valence-corrected chi connectivity index (χ0v) is 17.8. The summed E-state index contributed by atoms with van der Waals surface area (Å²) in [7, 11) is -4.04. The monoisotopic (exact) mass is 442 g/mol. The number of nitrogens with one attached hydrogen (secondary N) is 3. The molecule has 31 heavy (non-hydrogen) atoms. The molecule has 2 aromatic heterocycles. The Kier molecular flexibility index (Phi) is 6.65. The minimum Gasteiger partial charge on any atom is -0.338 e. The van der Waals surface area contributed by atoms with Crippen molar-refractivity contribution >= 4 is 22.0 Å². The van der Waals surface area contributed by atoms with E-state index in [-0.39, 0.29) is 16.9 Å². The van der Waals surface area contributed by atoms with Crippen molar-refractivity contribution in [3.8, 4) is 11.3 Å². The fourth-order valence-electron chi connectivity index (χ4n) is 2.73. The molecule has 0 radical (unpaired) electrons. The van der Waals surface area contributed by atoms with Crippen LogP contribution in [0.15, 0.2) is 64.2 Å². The van der Waals surface area contributed by atoms with Crippen molar-refractivity contribution < 1.29 is 18.0 Å². The molecule has 3 aromatic rings. The normalized spacial score (nSPS) is 11.9. The average Bonchev–Trinajstić information content (AvgIpc) is 3.24. The van der Waals surface area contributed by atoms with E-state index in [0.717, 1.165) is 5.56 Å². The molecular weight excluding hydrogens is 420 g/mol. The number of benzene rings is 1. The van der Waals surface area contributed by atoms with Gasteiger partial charge in [0, 0.05) is 24.5 Å². The number of carbonyl (C=O) groups is 2. The first-order valence-electron chi connectivity index (χ1n) is 9.44. The van der Waals surface area contributed by atoms with Gasteiger partial charge in [-0.25, -0.2) is 4.79 Å². The van der Waals surface area contributed by atoms with Crippen molar-refractivity contribution in [1.82, 2.24) is 25.4 Å². The molecule has 0 bridgehead atoms. The minimum atomic E-state index is -4.04. The number of hydrogen-bond acceptors (Lipinski definition) is 5. The lowest BCUT2D eigenvalue weighted by molar-refractivity contribution is -0.120. The smallest absolute Gasteiger partial charge is 0.321 e. The Hall–Kier alpha value is -3.73. The molecule has 3 rings (SSSR count). The van der Waals surface area contributed by atoms with Gasteiger partial charge in [0.15, 0.2) is 0 Å². The van der Waals surface area contributed by atoms with E-state index in [1.807, 2.05) is 6.92 Å². The second-order valence-electron chi connectivity index (χ2n) is 6.66. The van der Waals surface area contributed by atoms with E-state index in [4.69, 9.17) is 0 Å². The number of urea groups is 1. The first-order valence-corrected chi connectivity index (χ1v) is 10.9. The highest BCUT2D eigenvalue weighted by Crippen LogP contribution is 2.15. The number of amides is 3. The van der Waals surface area contributed by atoms with Crippen LogP contribution >= 0.6 is 0 Å². The molecule has 0 unspecified atom stereocenters. The molecule has 0 spiro atoms. The van der Waals surface area contributed by atoms with Crippen LogP contribution in [0.2, 0.25) is 0 Å². The van der Waals surface area contributed by atoms with Crippen molar-refractivity contribution in [2.24, 2.45) is 4.40 Å². The molecule has 0 aliphatic rings. The van der Waals surface area contributed by atoms with Gasteiger partial charge in [-0.3, -0.25) is 15.2 Å². The Morgan fingerprint density at radius 3 is 2.55 bits per heavy atom. The van der Waals surface area contributed by atoms with Gasteiger partial charge in [-0.15, -0.1) is 4.40 Å². The number of aromatic nitrogens is 3. The van der Waals surface area contributed by atoms with E-state index in [0.29, 0.717) is 17.8 Å². The van der Waals surface area contributed by atoms with E-state index < -0.39 is 22.0 Å². The zero-order chi connectivity index (χ0) is 22.4. The number of imide groups is 1. The molecule has 0 fully saturated rings. The van der Waals surface area contributed by atoms with E-state index in [9.17, 15) is 18.0 Å². The van der Waals surface area contributed by atoms with Crippen LogP contribution in [-0.2, 0) is 21.4 Å². The highest BCUT2D eigenvalue weighted by molar-refractivity contribution is 7.90. The lowest BCUT2D eigenvalue weighted by atomic mass is 10.2. The number of rotatable bonds is 6. The summed E-state index contributed by atoms with van der Waals surface area (Å²) in [4.78, 5) is 23.9. The summed E-state index contributed by atoms with van der Waals surface area (Å²) in [6.07, 6.45) is 3.09. The Morgan fingerprint density at radius 2 is 1.90 bits per heavy atom. The van der Waals surface area contributed by atoms with Crippen LogP contribution in [-0.4, -0.2) is 41.7 Å². The number of sulfonamides is 1. The third-order valence-corrected chi connectivity index (χ3v) is 5.56. The molecule has 3 N–H and O–H groups in total. The van der Waals surface area contributed by atoms with Crippen molar-refractivity contribution in [2.45, 2.75) is 25.3 Å². The van der Waals surface area contributed by atoms with E-state index in [1.54, 1.807) is 37.4 Å². The molecule has 0 saturated heterocycles. The summed E-state index contributed by atoms with van der Waals surface area (Å²) >= 11 is 0. The molecule has 10 nitrogen and oxygen atoms in total. The molecule has 11 heteroatoms. The van der Waals surface area contributed by atoms with Crippen LogP contribution in [0.1, 0.15) is 12.5 Å². The van der Waals surface area contributed by atoms with Gasteiger partial charge in [0.05, 0.1) is 10.6 Å². The predicted molar refractivity (Wildman–Crippen MR) is 113 cm³/mol. The van der Waals surface area contributed by atoms with E-state index >= 15 is 0 Å². The quantitative estimate of drug-likeness (QED) is 0.529. The van der Waals surface area contributed by atoms with Crippen LogP contribution in [0.3, 0.4) is 0 Å². The summed E-state index contributed by atoms with van der Waals surface area (Å²) in [6.45, 7) is 3.63. The first kappa shape index (κ1) is 22.0. The summed E-state index contributed by atoms with van der Waals surface area (Å²) in [5.41, 5.74) is 2.23. The van der Waals surface area contributed by atoms with Crippen LogP contribution in [0.25, 0.3) is 11.3 Å². The number of pyridine rings is 1. The Morgan fingerprint density at radius 1 is 1.16 bits per heavy atom. The maximum Gasteiger partial charge on any atom is 0.321 e. The van der Waals surface area contributed by atoms with Crippen molar-refractivity contribution in [1.29, 1.82) is 0 Å². The van der Waals surface area contributed by atoms with Gasteiger partial charge in [-0.2, -0.15) is 13.5 Å². The molecule has 2 heterocycles. The molecule has 162 valence electrons. The maximum absolute atomic E-state index is 12.8. The number of aryl methyl sites for hydroxylation is 1. The molecule has 0 aliphatic heterocycles. The topological polar surface area (TPSA) is 138 Å². The summed E-state index contributed by atoms with van der Waals surface area (Å²) in [5.74, 6) is -0.616. The number of carbonyl (C=O) groups excluding carboxylic acids is 2. The average molecular weight is 443 g/mol. The molecule has 3 amide bonds. The minimum absolute atomic E-state index is 0.0266. The standard InChI is InChI=1S/C20H22N6O4S/c1-3-21-20(28)23-19(27)13-26-11-9-15(17-8-10-22-24-17)12-18(26)25-31(29,30)16-6-4-14(2)5-7-16/h4-12H,3,13H2,1-2H3,(H,22,24)(H2,21,23,27,28). The van der Waals surface area contributed by atoms with Crippen LogP contribution in [0.5, 0.6) is 0 Å². The third kappa shape index (κ3) is 5.66. The molecule has 0 saturated carbocycles. The van der Waals surface area contributed by atoms with Crippen LogP contribution < -0.4 is 16.1 Å². The number of H-pyrrole nitrogens is 1. The van der Waals surface area contributed by atoms with Gasteiger partial charge in [0.1, 0.15) is 12.0 Å². The fourth-order valence-corrected chi connectivity index (χ4v) is 3.71. The fraction of sp³-hybridized carbons (Fsp3) is 0.200. The second kappa shape index (κ2) is 9.39. The molecule has 0 aliphatic carbocycles. The van der Waals surface area contributed by atoms with Gasteiger partial charge in [0.2, 0.25) is 5.91 Å². The largest absolute Gasteiger partial charge is 0.338 e. The Labute approximate surface area is 179 Å². The lowest BCUT2D eigenvalue weighted by Crippen LogP contribution is -2.42. The Bertz CT molecular complexity index is 1250. The zero-order valence-electron chi connectivity index (χ0n) is 17.0. The Balaban J connectivity index is 2.03. The van der Waals surface area contributed by atoms with Crippen molar-refractivity contribution in [2.75, 3.05) is 6.54 Å². The van der Waals surface area contributed by atoms with E-state index in [1.165, 1.54) is 29.0 Å². The van der Waals surface area contributed by atoms with Gasteiger partial charge >= 0.3 is 6.03 Å². The van der Waals surface area contributed by atoms with Crippen LogP contribution in [0, 0.1) is 6.92 Å². The van der Waals surface area contributed by atoms with Crippen LogP contribution in [0.4, 0.5) is 4.79 Å². The lowest BCUT2D eigenvalue weighted by Gasteiger charge is -2.10. The summed E-state index contributed by atoms with van der Waals surface area (Å²) < 4.78 is 31.0. The highest BCUT2D eigenvalue weighted by atomic mass is 32.2. The van der Waals surface area contributed by atoms with Gasteiger partial charge in [0.25, 0.3) is 10.0 Å². The number of aromatic amines is 1. The van der Waals surface area contributed by atoms with Gasteiger partial charge < -0.3 is 9.88 Å². The number of hydrogen-bond donors (Lipinski definition) is 3. The molecular formula is C20H22N6O4S. The predicted octanol–water partition coefficient (Wildman–Crippen LogP) is 1.32. The van der Waals surface area contributed by atoms with Gasteiger partial charge in [-0.05, 0) is 44.2 Å².